The standard InChI is InChI=1S/C12H18O2/c1-8(2)5-4-6-12(3)9-7-14-11(13)10(9)12/h5,9-10H,4,6-7H2,1-3H3/t9-,10-,12-/m1/s1. The summed E-state index contributed by atoms with van der Waals surface area (Å²) in [6.07, 6.45) is 4.48. The zero-order valence-corrected chi connectivity index (χ0v) is 9.17. The van der Waals surface area contributed by atoms with E-state index in [2.05, 4.69) is 26.8 Å². The molecule has 0 spiro atoms. The van der Waals surface area contributed by atoms with Crippen molar-refractivity contribution < 1.29 is 9.53 Å². The van der Waals surface area contributed by atoms with Gasteiger partial charge in [0.05, 0.1) is 12.5 Å². The lowest BCUT2D eigenvalue weighted by Gasteiger charge is -2.13. The summed E-state index contributed by atoms with van der Waals surface area (Å²) in [6.45, 7) is 7.12. The van der Waals surface area contributed by atoms with Crippen molar-refractivity contribution >= 4 is 5.97 Å². The van der Waals surface area contributed by atoms with Crippen molar-refractivity contribution in [1.29, 1.82) is 0 Å². The van der Waals surface area contributed by atoms with Gasteiger partial charge in [0.2, 0.25) is 0 Å². The Balaban J connectivity index is 1.89. The van der Waals surface area contributed by atoms with Gasteiger partial charge in [-0.1, -0.05) is 18.6 Å². The first-order chi connectivity index (χ1) is 6.55. The van der Waals surface area contributed by atoms with Crippen LogP contribution in [0.2, 0.25) is 0 Å². The first-order valence-electron chi connectivity index (χ1n) is 5.36. The molecular weight excluding hydrogens is 176 g/mol. The van der Waals surface area contributed by atoms with Gasteiger partial charge in [-0.3, -0.25) is 4.79 Å². The van der Waals surface area contributed by atoms with Crippen molar-refractivity contribution in [2.24, 2.45) is 17.3 Å². The number of carbonyl (C=O) groups excluding carboxylic acids is 1. The molecule has 0 bridgehead atoms. The highest BCUT2D eigenvalue weighted by molar-refractivity contribution is 5.80. The highest BCUT2D eigenvalue weighted by atomic mass is 16.5. The van der Waals surface area contributed by atoms with Gasteiger partial charge in [0.1, 0.15) is 0 Å². The molecule has 0 aromatic carbocycles. The van der Waals surface area contributed by atoms with Crippen LogP contribution in [0.4, 0.5) is 0 Å². The third kappa shape index (κ3) is 1.37. The molecule has 0 aromatic heterocycles. The maximum Gasteiger partial charge on any atom is 0.309 e. The summed E-state index contributed by atoms with van der Waals surface area (Å²) < 4.78 is 4.98. The Morgan fingerprint density at radius 2 is 2.36 bits per heavy atom. The van der Waals surface area contributed by atoms with Crippen LogP contribution in [0.25, 0.3) is 0 Å². The molecule has 0 N–H and O–H groups in total. The molecule has 0 aromatic rings. The molecule has 1 saturated heterocycles. The van der Waals surface area contributed by atoms with Crippen LogP contribution in [-0.4, -0.2) is 12.6 Å². The Kier molecular flexibility index (Phi) is 2.17. The van der Waals surface area contributed by atoms with Crippen LogP contribution in [0.5, 0.6) is 0 Å². The van der Waals surface area contributed by atoms with Gasteiger partial charge < -0.3 is 4.74 Å². The number of hydrogen-bond acceptors (Lipinski definition) is 2. The van der Waals surface area contributed by atoms with E-state index in [1.165, 1.54) is 5.57 Å². The van der Waals surface area contributed by atoms with Crippen molar-refractivity contribution in [3.63, 3.8) is 0 Å². The van der Waals surface area contributed by atoms with E-state index in [0.717, 1.165) is 12.8 Å². The number of fused-ring (bicyclic) bond motifs is 1. The molecule has 0 amide bonds. The lowest BCUT2D eigenvalue weighted by molar-refractivity contribution is -0.143. The van der Waals surface area contributed by atoms with Crippen molar-refractivity contribution in [3.05, 3.63) is 11.6 Å². The number of ether oxygens (including phenoxy) is 1. The second kappa shape index (κ2) is 3.11. The fourth-order valence-electron chi connectivity index (χ4n) is 2.66. The first-order valence-corrected chi connectivity index (χ1v) is 5.36. The van der Waals surface area contributed by atoms with E-state index in [0.29, 0.717) is 12.5 Å². The molecule has 2 aliphatic rings. The van der Waals surface area contributed by atoms with Gasteiger partial charge in [-0.05, 0) is 32.1 Å². The van der Waals surface area contributed by atoms with Crippen LogP contribution in [0.3, 0.4) is 0 Å². The van der Waals surface area contributed by atoms with E-state index in [4.69, 9.17) is 4.74 Å². The fourth-order valence-corrected chi connectivity index (χ4v) is 2.66. The minimum Gasteiger partial charge on any atom is -0.465 e. The lowest BCUT2D eigenvalue weighted by atomic mass is 9.96. The summed E-state index contributed by atoms with van der Waals surface area (Å²) in [5.41, 5.74) is 1.61. The van der Waals surface area contributed by atoms with Crippen LogP contribution >= 0.6 is 0 Å². The Bertz CT molecular complexity index is 289. The maximum absolute atomic E-state index is 11.3. The third-order valence-corrected chi connectivity index (χ3v) is 3.75. The molecule has 2 heteroatoms. The molecule has 78 valence electrons. The highest BCUT2D eigenvalue weighted by Crippen LogP contribution is 2.64. The number of rotatable bonds is 3. The number of esters is 1. The molecule has 0 radical (unpaired) electrons. The van der Waals surface area contributed by atoms with Crippen molar-refractivity contribution in [1.82, 2.24) is 0 Å². The molecule has 2 rings (SSSR count). The Morgan fingerprint density at radius 3 is 2.86 bits per heavy atom. The first kappa shape index (κ1) is 9.75. The zero-order chi connectivity index (χ0) is 10.3. The van der Waals surface area contributed by atoms with Crippen LogP contribution in [-0.2, 0) is 9.53 Å². The molecule has 0 unspecified atom stereocenters. The summed E-state index contributed by atoms with van der Waals surface area (Å²) in [4.78, 5) is 11.3. The Labute approximate surface area is 85.3 Å². The van der Waals surface area contributed by atoms with Crippen LogP contribution < -0.4 is 0 Å². The minimum absolute atomic E-state index is 0.0368. The summed E-state index contributed by atoms with van der Waals surface area (Å²) in [6, 6.07) is 0. The predicted octanol–water partition coefficient (Wildman–Crippen LogP) is 2.54. The molecule has 2 nitrogen and oxygen atoms in total. The van der Waals surface area contributed by atoms with Crippen LogP contribution in [0.15, 0.2) is 11.6 Å². The van der Waals surface area contributed by atoms with Gasteiger partial charge >= 0.3 is 5.97 Å². The highest BCUT2D eigenvalue weighted by Gasteiger charge is 2.68. The largest absolute Gasteiger partial charge is 0.465 e. The normalized spacial score (nSPS) is 38.9. The number of cyclic esters (lactones) is 1. The summed E-state index contributed by atoms with van der Waals surface area (Å²) in [5, 5.41) is 0. The van der Waals surface area contributed by atoms with E-state index in [1.54, 1.807) is 0 Å². The quantitative estimate of drug-likeness (QED) is 0.510. The van der Waals surface area contributed by atoms with Crippen molar-refractivity contribution in [2.75, 3.05) is 6.61 Å². The average Bonchev–Trinajstić information content (AvgIpc) is 2.47. The van der Waals surface area contributed by atoms with Gasteiger partial charge in [0.15, 0.2) is 0 Å². The molecule has 1 aliphatic carbocycles. The number of allylic oxidation sites excluding steroid dienone is 2. The summed E-state index contributed by atoms with van der Waals surface area (Å²) >= 11 is 0. The number of hydrogen-bond donors (Lipinski definition) is 0. The zero-order valence-electron chi connectivity index (χ0n) is 9.17. The third-order valence-electron chi connectivity index (χ3n) is 3.75. The monoisotopic (exact) mass is 194 g/mol. The molecule has 3 atom stereocenters. The van der Waals surface area contributed by atoms with E-state index in [9.17, 15) is 4.79 Å². The van der Waals surface area contributed by atoms with Crippen molar-refractivity contribution in [2.45, 2.75) is 33.6 Å². The van der Waals surface area contributed by atoms with E-state index < -0.39 is 0 Å². The molecule has 14 heavy (non-hydrogen) atoms. The van der Waals surface area contributed by atoms with Crippen LogP contribution in [0.1, 0.15) is 33.6 Å². The Hall–Kier alpha value is -0.790. The summed E-state index contributed by atoms with van der Waals surface area (Å²) in [7, 11) is 0. The van der Waals surface area contributed by atoms with E-state index in [-0.39, 0.29) is 17.3 Å². The Morgan fingerprint density at radius 1 is 1.64 bits per heavy atom. The molecule has 1 heterocycles. The molecule has 2 fully saturated rings. The second-order valence-electron chi connectivity index (χ2n) is 5.04. The molecule has 1 saturated carbocycles. The smallest absolute Gasteiger partial charge is 0.309 e. The second-order valence-corrected chi connectivity index (χ2v) is 5.04. The summed E-state index contributed by atoms with van der Waals surface area (Å²) in [5.74, 6) is 0.767. The topological polar surface area (TPSA) is 26.3 Å². The average molecular weight is 194 g/mol. The number of carbonyl (C=O) groups is 1. The van der Waals surface area contributed by atoms with Gasteiger partial charge in [-0.2, -0.15) is 0 Å². The van der Waals surface area contributed by atoms with Gasteiger partial charge in [-0.15, -0.1) is 0 Å². The van der Waals surface area contributed by atoms with Crippen molar-refractivity contribution in [3.8, 4) is 0 Å². The van der Waals surface area contributed by atoms with Crippen LogP contribution in [0, 0.1) is 17.3 Å². The minimum atomic E-state index is 0.0368. The van der Waals surface area contributed by atoms with Gasteiger partial charge in [0.25, 0.3) is 0 Å². The predicted molar refractivity (Wildman–Crippen MR) is 54.7 cm³/mol. The maximum atomic E-state index is 11.3. The van der Waals surface area contributed by atoms with E-state index >= 15 is 0 Å². The van der Waals surface area contributed by atoms with Gasteiger partial charge in [-0.25, -0.2) is 0 Å². The lowest BCUT2D eigenvalue weighted by Crippen LogP contribution is -2.13. The molecular formula is C12H18O2. The molecule has 1 aliphatic heterocycles. The van der Waals surface area contributed by atoms with Gasteiger partial charge in [0, 0.05) is 5.92 Å². The SMILES string of the molecule is CC(C)=CCC[C@]1(C)[C@@H]2COC(=O)[C@@H]21. The van der Waals surface area contributed by atoms with E-state index in [1.807, 2.05) is 0 Å². The fraction of sp³-hybridized carbons (Fsp3) is 0.750.